The summed E-state index contributed by atoms with van der Waals surface area (Å²) in [6.07, 6.45) is 0. The first-order valence-electron chi connectivity index (χ1n) is 13.7. The van der Waals surface area contributed by atoms with E-state index in [1.807, 2.05) is 30.3 Å². The van der Waals surface area contributed by atoms with Gasteiger partial charge in [0.1, 0.15) is 6.54 Å². The first kappa shape index (κ1) is 30.1. The van der Waals surface area contributed by atoms with Gasteiger partial charge in [-0.15, -0.1) is 0 Å². The van der Waals surface area contributed by atoms with Gasteiger partial charge in [-0.05, 0) is 60.2 Å². The zero-order valence-corrected chi connectivity index (χ0v) is 25.2. The van der Waals surface area contributed by atoms with Gasteiger partial charge in [0.2, 0.25) is 11.8 Å². The second kappa shape index (κ2) is 12.4. The third-order valence-corrected chi connectivity index (χ3v) is 8.40. The highest BCUT2D eigenvalue weighted by Crippen LogP contribution is 2.39. The highest BCUT2D eigenvalue weighted by molar-refractivity contribution is 7.92. The van der Waals surface area contributed by atoms with Crippen LogP contribution in [0.1, 0.15) is 18.1 Å². The number of amides is 3. The molecule has 4 aromatic rings. The second-order valence-corrected chi connectivity index (χ2v) is 12.0. The Bertz CT molecular complexity index is 1860. The van der Waals surface area contributed by atoms with E-state index in [4.69, 9.17) is 0 Å². The molecule has 10 nitrogen and oxygen atoms in total. The Balaban J connectivity index is 1.52. The number of hydrogen-bond acceptors (Lipinski definition) is 6. The topological polar surface area (TPSA) is 128 Å². The third-order valence-electron chi connectivity index (χ3n) is 7.00. The lowest BCUT2D eigenvalue weighted by atomic mass is 9.99. The lowest BCUT2D eigenvalue weighted by Crippen LogP contribution is -2.39. The number of anilines is 4. The summed E-state index contributed by atoms with van der Waals surface area (Å²) in [5.41, 5.74) is 4.11. The predicted molar refractivity (Wildman–Crippen MR) is 172 cm³/mol. The van der Waals surface area contributed by atoms with Crippen molar-refractivity contribution in [3.8, 4) is 0 Å². The standard InChI is InChI=1S/C33H31N5O5S/c1-22(39)38(21-30(40)37(2)3)26-17-14-24(15-18-26)34-32(23-10-6-4-7-11-23)31-28-20-25(16-19-29(28)35-33(31)41)36-44(42,43)27-12-8-5-9-13-27/h4-20,34,36H,21H2,1-3H3,(H,35,41). The maximum atomic E-state index is 13.4. The summed E-state index contributed by atoms with van der Waals surface area (Å²) in [5, 5.41) is 6.23. The molecule has 0 spiro atoms. The number of rotatable bonds is 9. The molecule has 1 aliphatic rings. The zero-order valence-electron chi connectivity index (χ0n) is 24.4. The van der Waals surface area contributed by atoms with Crippen LogP contribution < -0.4 is 20.3 Å². The van der Waals surface area contributed by atoms with Crippen LogP contribution in [0.3, 0.4) is 0 Å². The summed E-state index contributed by atoms with van der Waals surface area (Å²) >= 11 is 0. The molecule has 0 aliphatic carbocycles. The summed E-state index contributed by atoms with van der Waals surface area (Å²) in [4.78, 5) is 40.9. The molecule has 3 N–H and O–H groups in total. The van der Waals surface area contributed by atoms with Gasteiger partial charge in [0, 0.05) is 49.3 Å². The molecule has 1 aliphatic heterocycles. The van der Waals surface area contributed by atoms with Crippen molar-refractivity contribution in [2.45, 2.75) is 11.8 Å². The van der Waals surface area contributed by atoms with Crippen LogP contribution in [0, 0.1) is 0 Å². The molecule has 0 radical (unpaired) electrons. The van der Waals surface area contributed by atoms with Crippen molar-refractivity contribution in [1.82, 2.24) is 4.90 Å². The summed E-state index contributed by atoms with van der Waals surface area (Å²) in [6, 6.07) is 29.2. The Morgan fingerprint density at radius 1 is 0.818 bits per heavy atom. The van der Waals surface area contributed by atoms with Crippen LogP contribution >= 0.6 is 0 Å². The molecule has 224 valence electrons. The van der Waals surface area contributed by atoms with Crippen LogP contribution in [0.4, 0.5) is 22.7 Å². The number of likely N-dealkylation sites (N-methyl/N-ethyl adjacent to an activating group) is 1. The Kier molecular flexibility index (Phi) is 8.50. The van der Waals surface area contributed by atoms with E-state index in [-0.39, 0.29) is 29.2 Å². The van der Waals surface area contributed by atoms with E-state index in [0.717, 1.165) is 5.56 Å². The number of carbonyl (C=O) groups excluding carboxylic acids is 3. The average Bonchev–Trinajstić information content (AvgIpc) is 3.34. The van der Waals surface area contributed by atoms with E-state index in [9.17, 15) is 22.8 Å². The number of sulfonamides is 1. The van der Waals surface area contributed by atoms with Crippen LogP contribution in [0.25, 0.3) is 11.3 Å². The normalized spacial score (nSPS) is 13.4. The summed E-state index contributed by atoms with van der Waals surface area (Å²) in [6.45, 7) is 1.30. The van der Waals surface area contributed by atoms with Gasteiger partial charge in [0.15, 0.2) is 0 Å². The van der Waals surface area contributed by atoms with Gasteiger partial charge in [-0.3, -0.25) is 19.1 Å². The van der Waals surface area contributed by atoms with Gasteiger partial charge in [-0.1, -0.05) is 48.5 Å². The van der Waals surface area contributed by atoms with Gasteiger partial charge < -0.3 is 20.4 Å². The van der Waals surface area contributed by atoms with Gasteiger partial charge in [0.05, 0.1) is 16.2 Å². The van der Waals surface area contributed by atoms with E-state index in [0.29, 0.717) is 39.6 Å². The van der Waals surface area contributed by atoms with E-state index in [1.54, 1.807) is 74.8 Å². The number of carbonyl (C=O) groups is 3. The van der Waals surface area contributed by atoms with Crippen LogP contribution in [0.15, 0.2) is 108 Å². The maximum absolute atomic E-state index is 13.4. The number of nitrogens with zero attached hydrogens (tertiary/aromatic N) is 2. The predicted octanol–water partition coefficient (Wildman–Crippen LogP) is 4.86. The monoisotopic (exact) mass is 609 g/mol. The van der Waals surface area contributed by atoms with Crippen molar-refractivity contribution in [3.63, 3.8) is 0 Å². The Morgan fingerprint density at radius 3 is 2.05 bits per heavy atom. The highest BCUT2D eigenvalue weighted by atomic mass is 32.2. The Labute approximate surface area is 256 Å². The smallest absolute Gasteiger partial charge is 0.261 e. The molecule has 44 heavy (non-hydrogen) atoms. The van der Waals surface area contributed by atoms with E-state index in [2.05, 4.69) is 15.4 Å². The minimum absolute atomic E-state index is 0.0955. The SMILES string of the molecule is CC(=O)N(CC(=O)N(C)C)c1ccc(NC(=C2C(=O)Nc3ccc(NS(=O)(=O)c4ccccc4)cc32)c2ccccc2)cc1. The van der Waals surface area contributed by atoms with E-state index in [1.165, 1.54) is 28.9 Å². The Morgan fingerprint density at radius 2 is 1.43 bits per heavy atom. The largest absolute Gasteiger partial charge is 0.354 e. The van der Waals surface area contributed by atoms with Crippen molar-refractivity contribution in [1.29, 1.82) is 0 Å². The molecular formula is C33H31N5O5S. The quantitative estimate of drug-likeness (QED) is 0.233. The van der Waals surface area contributed by atoms with Crippen molar-refractivity contribution in [2.75, 3.05) is 40.9 Å². The van der Waals surface area contributed by atoms with Crippen LogP contribution in [-0.4, -0.2) is 51.7 Å². The minimum Gasteiger partial charge on any atom is -0.354 e. The fraction of sp³-hybridized carbons (Fsp3) is 0.121. The van der Waals surface area contributed by atoms with Crippen molar-refractivity contribution >= 4 is 61.8 Å². The number of benzene rings is 4. The fourth-order valence-electron chi connectivity index (χ4n) is 4.71. The molecular weight excluding hydrogens is 578 g/mol. The second-order valence-electron chi connectivity index (χ2n) is 10.3. The molecule has 0 saturated heterocycles. The van der Waals surface area contributed by atoms with Gasteiger partial charge in [-0.2, -0.15) is 0 Å². The van der Waals surface area contributed by atoms with Gasteiger partial charge in [-0.25, -0.2) is 8.42 Å². The summed E-state index contributed by atoms with van der Waals surface area (Å²) in [7, 11) is -0.592. The molecule has 1 heterocycles. The van der Waals surface area contributed by atoms with Crippen molar-refractivity contribution in [2.24, 2.45) is 0 Å². The molecule has 0 fully saturated rings. The van der Waals surface area contributed by atoms with Crippen LogP contribution in [0.2, 0.25) is 0 Å². The first-order chi connectivity index (χ1) is 21.0. The minimum atomic E-state index is -3.85. The average molecular weight is 610 g/mol. The Hall–Kier alpha value is -5.42. The summed E-state index contributed by atoms with van der Waals surface area (Å²) < 4.78 is 28.6. The first-order valence-corrected chi connectivity index (χ1v) is 15.2. The number of nitrogens with one attached hydrogen (secondary N) is 3. The van der Waals surface area contributed by atoms with Gasteiger partial charge >= 0.3 is 0 Å². The van der Waals surface area contributed by atoms with Crippen molar-refractivity contribution < 1.29 is 22.8 Å². The molecule has 0 aromatic heterocycles. The fourth-order valence-corrected chi connectivity index (χ4v) is 5.78. The van der Waals surface area contributed by atoms with E-state index >= 15 is 0 Å². The number of hydrogen-bond donors (Lipinski definition) is 3. The lowest BCUT2D eigenvalue weighted by Gasteiger charge is -2.23. The molecule has 3 amide bonds. The molecule has 0 saturated carbocycles. The molecule has 0 bridgehead atoms. The summed E-state index contributed by atoms with van der Waals surface area (Å²) in [5.74, 6) is -0.836. The molecule has 11 heteroatoms. The third kappa shape index (κ3) is 6.47. The molecule has 4 aromatic carbocycles. The van der Waals surface area contributed by atoms with Gasteiger partial charge in [0.25, 0.3) is 15.9 Å². The maximum Gasteiger partial charge on any atom is 0.261 e. The highest BCUT2D eigenvalue weighted by Gasteiger charge is 2.29. The van der Waals surface area contributed by atoms with Crippen LogP contribution in [-0.2, 0) is 24.4 Å². The van der Waals surface area contributed by atoms with Crippen LogP contribution in [0.5, 0.6) is 0 Å². The zero-order chi connectivity index (χ0) is 31.4. The lowest BCUT2D eigenvalue weighted by molar-refractivity contribution is -0.129. The van der Waals surface area contributed by atoms with E-state index < -0.39 is 10.0 Å². The molecule has 0 atom stereocenters. The molecule has 5 rings (SSSR count). The number of fused-ring (bicyclic) bond motifs is 1. The van der Waals surface area contributed by atoms with Crippen molar-refractivity contribution in [3.05, 3.63) is 114 Å². The molecule has 0 unspecified atom stereocenters.